The molecule has 2 aliphatic rings. The number of benzene rings is 1. The van der Waals surface area contributed by atoms with Gasteiger partial charge in [0.05, 0.1) is 19.8 Å². The average molecular weight is 380 g/mol. The standard InChI is InChI=1S/C22H29N5O/c1-18-6-5-7-19(14-18)17-23-25-21-15-20(26-10-12-28-13-11-26)16-22(24-21)27-8-3-2-4-9-27/h5-7,14-16H,2-4,8-13,17H2,1H3. The van der Waals surface area contributed by atoms with Gasteiger partial charge in [0, 0.05) is 44.0 Å². The van der Waals surface area contributed by atoms with E-state index in [9.17, 15) is 0 Å². The molecule has 0 bridgehead atoms. The maximum Gasteiger partial charge on any atom is 0.178 e. The number of aromatic nitrogens is 1. The van der Waals surface area contributed by atoms with Gasteiger partial charge in [-0.15, -0.1) is 5.11 Å². The van der Waals surface area contributed by atoms with Crippen molar-refractivity contribution in [3.05, 3.63) is 47.5 Å². The van der Waals surface area contributed by atoms with Crippen LogP contribution in [0.3, 0.4) is 0 Å². The molecule has 3 heterocycles. The highest BCUT2D eigenvalue weighted by molar-refractivity contribution is 5.61. The Morgan fingerprint density at radius 2 is 1.79 bits per heavy atom. The van der Waals surface area contributed by atoms with Crippen molar-refractivity contribution < 1.29 is 4.74 Å². The van der Waals surface area contributed by atoms with E-state index in [1.165, 1.54) is 36.1 Å². The van der Waals surface area contributed by atoms with Crippen molar-refractivity contribution in [1.82, 2.24) is 4.98 Å². The van der Waals surface area contributed by atoms with Gasteiger partial charge in [0.1, 0.15) is 5.82 Å². The zero-order chi connectivity index (χ0) is 19.2. The number of nitrogens with zero attached hydrogens (tertiary/aromatic N) is 5. The first-order valence-electron chi connectivity index (χ1n) is 10.3. The number of hydrogen-bond donors (Lipinski definition) is 0. The summed E-state index contributed by atoms with van der Waals surface area (Å²) in [6, 6.07) is 12.7. The SMILES string of the molecule is Cc1cccc(CN=Nc2cc(N3CCOCC3)cc(N3CCCCC3)n2)c1. The molecule has 0 spiro atoms. The van der Waals surface area contributed by atoms with Crippen molar-refractivity contribution in [3.63, 3.8) is 0 Å². The predicted octanol–water partition coefficient (Wildman–Crippen LogP) is 4.50. The normalized spacial score (nSPS) is 18.0. The third-order valence-corrected chi connectivity index (χ3v) is 5.35. The fraction of sp³-hybridized carbons (Fsp3) is 0.500. The van der Waals surface area contributed by atoms with Gasteiger partial charge >= 0.3 is 0 Å². The molecular weight excluding hydrogens is 350 g/mol. The second kappa shape index (κ2) is 9.15. The topological polar surface area (TPSA) is 53.3 Å². The van der Waals surface area contributed by atoms with Gasteiger partial charge in [-0.1, -0.05) is 29.8 Å². The number of hydrogen-bond acceptors (Lipinski definition) is 6. The van der Waals surface area contributed by atoms with Gasteiger partial charge in [0.15, 0.2) is 5.82 Å². The van der Waals surface area contributed by atoms with Gasteiger partial charge in [0.2, 0.25) is 0 Å². The molecule has 148 valence electrons. The van der Waals surface area contributed by atoms with Gasteiger partial charge in [-0.2, -0.15) is 5.11 Å². The van der Waals surface area contributed by atoms with E-state index >= 15 is 0 Å². The van der Waals surface area contributed by atoms with Crippen LogP contribution in [0.1, 0.15) is 30.4 Å². The second-order valence-corrected chi connectivity index (χ2v) is 7.58. The first kappa shape index (κ1) is 18.9. The van der Waals surface area contributed by atoms with Crippen molar-refractivity contribution >= 4 is 17.3 Å². The summed E-state index contributed by atoms with van der Waals surface area (Å²) in [4.78, 5) is 9.55. The molecule has 0 aliphatic carbocycles. The van der Waals surface area contributed by atoms with Crippen LogP contribution in [0.2, 0.25) is 0 Å². The van der Waals surface area contributed by atoms with Crippen molar-refractivity contribution in [3.8, 4) is 0 Å². The molecule has 1 aromatic carbocycles. The average Bonchev–Trinajstić information content (AvgIpc) is 2.75. The minimum atomic E-state index is 0.574. The number of aryl methyl sites for hydroxylation is 1. The van der Waals surface area contributed by atoms with Gasteiger partial charge in [-0.05, 0) is 31.7 Å². The molecule has 0 unspecified atom stereocenters. The number of anilines is 2. The zero-order valence-electron chi connectivity index (χ0n) is 16.7. The van der Waals surface area contributed by atoms with Crippen LogP contribution < -0.4 is 9.80 Å². The highest BCUT2D eigenvalue weighted by atomic mass is 16.5. The minimum absolute atomic E-state index is 0.574. The van der Waals surface area contributed by atoms with E-state index in [2.05, 4.69) is 63.4 Å². The number of ether oxygens (including phenoxy) is 1. The highest BCUT2D eigenvalue weighted by Crippen LogP contribution is 2.28. The molecule has 2 saturated heterocycles. The molecular formula is C22H29N5O. The Balaban J connectivity index is 1.56. The van der Waals surface area contributed by atoms with Crippen LogP contribution in [0.5, 0.6) is 0 Å². The molecule has 0 amide bonds. The summed E-state index contributed by atoms with van der Waals surface area (Å²) in [7, 11) is 0. The van der Waals surface area contributed by atoms with Crippen molar-refractivity contribution in [2.75, 3.05) is 49.2 Å². The number of pyridine rings is 1. The van der Waals surface area contributed by atoms with Crippen molar-refractivity contribution in [2.45, 2.75) is 32.7 Å². The van der Waals surface area contributed by atoms with Crippen LogP contribution in [0, 0.1) is 6.92 Å². The third-order valence-electron chi connectivity index (χ3n) is 5.35. The van der Waals surface area contributed by atoms with Crippen LogP contribution in [-0.2, 0) is 11.3 Å². The third kappa shape index (κ3) is 4.87. The fourth-order valence-corrected chi connectivity index (χ4v) is 3.83. The summed E-state index contributed by atoms with van der Waals surface area (Å²) in [5, 5.41) is 8.90. The molecule has 6 nitrogen and oxygen atoms in total. The molecule has 0 atom stereocenters. The van der Waals surface area contributed by atoms with E-state index < -0.39 is 0 Å². The molecule has 4 rings (SSSR count). The van der Waals surface area contributed by atoms with E-state index in [0.29, 0.717) is 12.4 Å². The Hall–Kier alpha value is -2.47. The Labute approximate surface area is 167 Å². The number of rotatable bonds is 5. The van der Waals surface area contributed by atoms with Gasteiger partial charge in [-0.3, -0.25) is 0 Å². The molecule has 1 aromatic heterocycles. The van der Waals surface area contributed by atoms with Crippen molar-refractivity contribution in [1.29, 1.82) is 0 Å². The lowest BCUT2D eigenvalue weighted by Crippen LogP contribution is -2.36. The summed E-state index contributed by atoms with van der Waals surface area (Å²) in [6.45, 7) is 8.16. The van der Waals surface area contributed by atoms with E-state index in [4.69, 9.17) is 9.72 Å². The summed E-state index contributed by atoms with van der Waals surface area (Å²) < 4.78 is 5.51. The number of morpholine rings is 1. The number of piperidine rings is 1. The van der Waals surface area contributed by atoms with Crippen LogP contribution in [-0.4, -0.2) is 44.4 Å². The molecule has 0 saturated carbocycles. The van der Waals surface area contributed by atoms with Gasteiger partial charge in [-0.25, -0.2) is 4.98 Å². The van der Waals surface area contributed by atoms with E-state index in [1.807, 2.05) is 0 Å². The van der Waals surface area contributed by atoms with Gasteiger partial charge in [0.25, 0.3) is 0 Å². The second-order valence-electron chi connectivity index (χ2n) is 7.58. The summed E-state index contributed by atoms with van der Waals surface area (Å²) in [5.41, 5.74) is 3.58. The molecule has 2 aliphatic heterocycles. The van der Waals surface area contributed by atoms with E-state index in [1.54, 1.807) is 0 Å². The Kier molecular flexibility index (Phi) is 6.17. The summed E-state index contributed by atoms with van der Waals surface area (Å²) in [6.07, 6.45) is 3.77. The van der Waals surface area contributed by atoms with Crippen molar-refractivity contribution in [2.24, 2.45) is 10.2 Å². The molecule has 6 heteroatoms. The van der Waals surface area contributed by atoms with Crippen LogP contribution in [0.4, 0.5) is 17.3 Å². The first-order chi connectivity index (χ1) is 13.8. The maximum atomic E-state index is 5.51. The Morgan fingerprint density at radius 1 is 0.964 bits per heavy atom. The lowest BCUT2D eigenvalue weighted by molar-refractivity contribution is 0.122. The Bertz CT molecular complexity index is 774. The summed E-state index contributed by atoms with van der Waals surface area (Å²) in [5.74, 6) is 1.71. The predicted molar refractivity (Wildman–Crippen MR) is 113 cm³/mol. The molecule has 2 aromatic rings. The smallest absolute Gasteiger partial charge is 0.178 e. The lowest BCUT2D eigenvalue weighted by atomic mass is 10.1. The van der Waals surface area contributed by atoms with Crippen LogP contribution in [0.25, 0.3) is 0 Å². The largest absolute Gasteiger partial charge is 0.378 e. The van der Waals surface area contributed by atoms with E-state index in [0.717, 1.165) is 45.2 Å². The fourth-order valence-electron chi connectivity index (χ4n) is 3.83. The van der Waals surface area contributed by atoms with E-state index in [-0.39, 0.29) is 0 Å². The molecule has 0 N–H and O–H groups in total. The Morgan fingerprint density at radius 3 is 2.57 bits per heavy atom. The van der Waals surface area contributed by atoms with Crippen LogP contribution >= 0.6 is 0 Å². The lowest BCUT2D eigenvalue weighted by Gasteiger charge is -2.31. The maximum absolute atomic E-state index is 5.51. The zero-order valence-corrected chi connectivity index (χ0v) is 16.7. The monoisotopic (exact) mass is 379 g/mol. The van der Waals surface area contributed by atoms with Gasteiger partial charge < -0.3 is 14.5 Å². The number of azo groups is 1. The highest BCUT2D eigenvalue weighted by Gasteiger charge is 2.17. The van der Waals surface area contributed by atoms with Crippen LogP contribution in [0.15, 0.2) is 46.6 Å². The minimum Gasteiger partial charge on any atom is -0.378 e. The molecule has 28 heavy (non-hydrogen) atoms. The summed E-state index contributed by atoms with van der Waals surface area (Å²) >= 11 is 0. The first-order valence-corrected chi connectivity index (χ1v) is 10.3. The molecule has 2 fully saturated rings. The molecule has 0 radical (unpaired) electrons. The quantitative estimate of drug-likeness (QED) is 0.718.